The van der Waals surface area contributed by atoms with Crippen molar-refractivity contribution in [3.05, 3.63) is 70.9 Å². The van der Waals surface area contributed by atoms with Crippen LogP contribution >= 0.6 is 0 Å². The molecule has 3 aliphatic rings. The lowest BCUT2D eigenvalue weighted by molar-refractivity contribution is -0.159. The minimum absolute atomic E-state index is 0.163. The first-order valence-corrected chi connectivity index (χ1v) is 9.82. The molecule has 1 aromatic heterocycles. The van der Waals surface area contributed by atoms with Crippen LogP contribution in [0.1, 0.15) is 32.0 Å². The van der Waals surface area contributed by atoms with E-state index in [1.807, 2.05) is 24.3 Å². The number of fused-ring (bicyclic) bond motifs is 7. The van der Waals surface area contributed by atoms with Crippen molar-refractivity contribution in [2.24, 2.45) is 0 Å². The van der Waals surface area contributed by atoms with E-state index >= 15 is 0 Å². The zero-order chi connectivity index (χ0) is 20.8. The van der Waals surface area contributed by atoms with Crippen LogP contribution in [0.25, 0.3) is 10.9 Å². The van der Waals surface area contributed by atoms with Gasteiger partial charge in [-0.15, -0.1) is 0 Å². The van der Waals surface area contributed by atoms with Crippen molar-refractivity contribution in [1.82, 2.24) is 14.8 Å². The number of carbonyl (C=O) groups is 4. The van der Waals surface area contributed by atoms with Gasteiger partial charge < -0.3 is 14.8 Å². The molecule has 2 aliphatic heterocycles. The summed E-state index contributed by atoms with van der Waals surface area (Å²) in [5.74, 6) is -1.57. The van der Waals surface area contributed by atoms with Crippen LogP contribution in [0.4, 0.5) is 0 Å². The molecule has 7 nitrogen and oxygen atoms in total. The number of H-pyrrole nitrogens is 1. The Morgan fingerprint density at radius 1 is 0.933 bits per heavy atom. The number of likely N-dealkylation sites (N-methyl/N-ethyl adjacent to an activating group) is 1. The zero-order valence-corrected chi connectivity index (χ0v) is 16.1. The van der Waals surface area contributed by atoms with Crippen LogP contribution in [0.2, 0.25) is 0 Å². The lowest BCUT2D eigenvalue weighted by atomic mass is 9.76. The number of amides is 2. The summed E-state index contributed by atoms with van der Waals surface area (Å²) >= 11 is 0. The molecule has 1 N–H and O–H groups in total. The standard InChI is InChI=1S/C23H17N3O4/c1-25-11-18(27)26-17(22(25)30)10-15-12-6-4-5-9-16(12)24-19(15)23(26)20(28)13-7-2-3-8-14(13)21(23)29/h2-9,17,24H,10-11H2,1H3/t17-/m1/s1. The molecule has 2 aromatic carbocycles. The van der Waals surface area contributed by atoms with E-state index in [0.29, 0.717) is 5.69 Å². The minimum atomic E-state index is -1.87. The van der Waals surface area contributed by atoms with Gasteiger partial charge in [0.25, 0.3) is 0 Å². The first-order chi connectivity index (χ1) is 14.5. The van der Waals surface area contributed by atoms with E-state index in [4.69, 9.17) is 0 Å². The first kappa shape index (κ1) is 17.1. The Bertz CT molecular complexity index is 1290. The van der Waals surface area contributed by atoms with Crippen molar-refractivity contribution < 1.29 is 19.2 Å². The number of benzene rings is 2. The van der Waals surface area contributed by atoms with Crippen molar-refractivity contribution in [2.75, 3.05) is 13.6 Å². The topological polar surface area (TPSA) is 90.6 Å². The van der Waals surface area contributed by atoms with E-state index in [0.717, 1.165) is 16.5 Å². The fraction of sp³-hybridized carbons (Fsp3) is 0.217. The summed E-state index contributed by atoms with van der Waals surface area (Å²) < 4.78 is 0. The summed E-state index contributed by atoms with van der Waals surface area (Å²) in [6.07, 6.45) is 0.257. The number of para-hydroxylation sites is 1. The van der Waals surface area contributed by atoms with Gasteiger partial charge in [-0.25, -0.2) is 0 Å². The number of aromatic nitrogens is 1. The van der Waals surface area contributed by atoms with E-state index in [1.165, 1.54) is 9.80 Å². The molecule has 0 radical (unpaired) electrons. The number of aromatic amines is 1. The van der Waals surface area contributed by atoms with Crippen LogP contribution in [0.15, 0.2) is 48.5 Å². The number of hydrogen-bond acceptors (Lipinski definition) is 4. The molecular weight excluding hydrogens is 382 g/mol. The molecule has 148 valence electrons. The molecule has 1 aliphatic carbocycles. The fourth-order valence-corrected chi connectivity index (χ4v) is 5.35. The molecule has 7 heteroatoms. The Kier molecular flexibility index (Phi) is 3.11. The van der Waals surface area contributed by atoms with Gasteiger partial charge in [0.2, 0.25) is 28.9 Å². The van der Waals surface area contributed by atoms with Gasteiger partial charge in [0.1, 0.15) is 6.04 Å². The van der Waals surface area contributed by atoms with Gasteiger partial charge >= 0.3 is 0 Å². The second kappa shape index (κ2) is 5.44. The van der Waals surface area contributed by atoms with E-state index < -0.39 is 29.1 Å². The largest absolute Gasteiger partial charge is 0.355 e. The Hall–Kier alpha value is -3.74. The summed E-state index contributed by atoms with van der Waals surface area (Å²) in [5.41, 5.74) is 0.634. The number of rotatable bonds is 0. The third kappa shape index (κ3) is 1.76. The maximum atomic E-state index is 13.9. The average molecular weight is 399 g/mol. The number of hydrogen-bond donors (Lipinski definition) is 1. The van der Waals surface area contributed by atoms with Gasteiger partial charge in [-0.1, -0.05) is 42.5 Å². The molecule has 0 saturated carbocycles. The Labute approximate surface area is 171 Å². The highest BCUT2D eigenvalue weighted by atomic mass is 16.2. The molecule has 2 amide bonds. The van der Waals surface area contributed by atoms with Crippen molar-refractivity contribution >= 4 is 34.3 Å². The Morgan fingerprint density at radius 3 is 2.27 bits per heavy atom. The number of Topliss-reactive ketones (excluding diaryl/α,β-unsaturated/α-hetero) is 2. The highest BCUT2D eigenvalue weighted by molar-refractivity contribution is 6.34. The summed E-state index contributed by atoms with van der Waals surface area (Å²) in [7, 11) is 1.57. The SMILES string of the molecule is CN1CC(=O)N2[C@H](Cc3c([nH]c4ccccc34)C23C(=O)c2ccccc2C3=O)C1=O. The highest BCUT2D eigenvalue weighted by Crippen LogP contribution is 2.49. The second-order valence-corrected chi connectivity index (χ2v) is 8.12. The summed E-state index contributed by atoms with van der Waals surface area (Å²) in [6.45, 7) is -0.163. The van der Waals surface area contributed by atoms with Gasteiger partial charge in [-0.2, -0.15) is 0 Å². The van der Waals surface area contributed by atoms with Crippen molar-refractivity contribution in [3.63, 3.8) is 0 Å². The van der Waals surface area contributed by atoms with Crippen molar-refractivity contribution in [3.8, 4) is 0 Å². The maximum absolute atomic E-state index is 13.9. The van der Waals surface area contributed by atoms with Crippen LogP contribution in [-0.4, -0.2) is 57.8 Å². The third-order valence-corrected chi connectivity index (χ3v) is 6.62. The summed E-state index contributed by atoms with van der Waals surface area (Å²) in [6, 6.07) is 13.2. The molecule has 0 bridgehead atoms. The van der Waals surface area contributed by atoms with Crippen LogP contribution in [0.3, 0.4) is 0 Å². The smallest absolute Gasteiger partial charge is 0.245 e. The van der Waals surface area contributed by atoms with Gasteiger partial charge in [0.15, 0.2) is 0 Å². The predicted octanol–water partition coefficient (Wildman–Crippen LogP) is 1.67. The molecule has 3 aromatic rings. The molecule has 1 spiro atoms. The van der Waals surface area contributed by atoms with E-state index in [2.05, 4.69) is 4.98 Å². The van der Waals surface area contributed by atoms with Gasteiger partial charge in [-0.05, 0) is 11.6 Å². The van der Waals surface area contributed by atoms with Gasteiger partial charge in [0.05, 0.1) is 12.2 Å². The van der Waals surface area contributed by atoms with Crippen LogP contribution in [0, 0.1) is 0 Å². The van der Waals surface area contributed by atoms with E-state index in [9.17, 15) is 19.2 Å². The Morgan fingerprint density at radius 2 is 1.57 bits per heavy atom. The zero-order valence-electron chi connectivity index (χ0n) is 16.1. The number of nitrogens with one attached hydrogen (secondary N) is 1. The third-order valence-electron chi connectivity index (χ3n) is 6.62. The molecule has 1 atom stereocenters. The number of carbonyl (C=O) groups excluding carboxylic acids is 4. The molecule has 3 heterocycles. The quantitative estimate of drug-likeness (QED) is 0.582. The first-order valence-electron chi connectivity index (χ1n) is 9.82. The predicted molar refractivity (Wildman–Crippen MR) is 107 cm³/mol. The fourth-order valence-electron chi connectivity index (χ4n) is 5.35. The number of nitrogens with zero attached hydrogens (tertiary/aromatic N) is 2. The van der Waals surface area contributed by atoms with Crippen LogP contribution in [0.5, 0.6) is 0 Å². The summed E-state index contributed by atoms with van der Waals surface area (Å²) in [5, 5.41) is 0.858. The molecule has 1 saturated heterocycles. The minimum Gasteiger partial charge on any atom is -0.355 e. The lowest BCUT2D eigenvalue weighted by Gasteiger charge is -2.49. The van der Waals surface area contributed by atoms with Crippen molar-refractivity contribution in [1.29, 1.82) is 0 Å². The second-order valence-electron chi connectivity index (χ2n) is 8.12. The van der Waals surface area contributed by atoms with Gasteiger partial charge in [-0.3, -0.25) is 19.2 Å². The molecule has 30 heavy (non-hydrogen) atoms. The van der Waals surface area contributed by atoms with E-state index in [-0.39, 0.29) is 30.0 Å². The van der Waals surface area contributed by atoms with Crippen LogP contribution < -0.4 is 0 Å². The summed E-state index contributed by atoms with van der Waals surface area (Å²) in [4.78, 5) is 59.9. The number of ketones is 2. The Balaban J connectivity index is 1.73. The average Bonchev–Trinajstić information content (AvgIpc) is 3.23. The highest BCUT2D eigenvalue weighted by Gasteiger charge is 2.66. The number of piperazine rings is 1. The maximum Gasteiger partial charge on any atom is 0.245 e. The lowest BCUT2D eigenvalue weighted by Crippen LogP contribution is -2.71. The molecule has 1 fully saturated rings. The van der Waals surface area contributed by atoms with Crippen LogP contribution in [-0.2, 0) is 21.5 Å². The van der Waals surface area contributed by atoms with Gasteiger partial charge in [0, 0.05) is 35.5 Å². The normalized spacial score (nSPS) is 22.0. The molecule has 6 rings (SSSR count). The monoisotopic (exact) mass is 399 g/mol. The van der Waals surface area contributed by atoms with E-state index in [1.54, 1.807) is 31.3 Å². The molecular formula is C23H17N3O4. The van der Waals surface area contributed by atoms with Crippen molar-refractivity contribution in [2.45, 2.75) is 18.0 Å². The molecule has 0 unspecified atom stereocenters.